The second-order valence-electron chi connectivity index (χ2n) is 8.57. The molecule has 0 aromatic heterocycles. The summed E-state index contributed by atoms with van der Waals surface area (Å²) in [5.41, 5.74) is 11.0. The summed E-state index contributed by atoms with van der Waals surface area (Å²) in [5, 5.41) is -0.289. The number of ether oxygens (including phenoxy) is 3. The van der Waals surface area contributed by atoms with Gasteiger partial charge < -0.3 is 25.7 Å². The molecule has 0 amide bonds. The molecule has 39 heavy (non-hydrogen) atoms. The van der Waals surface area contributed by atoms with E-state index < -0.39 is 29.7 Å². The highest BCUT2D eigenvalue weighted by molar-refractivity contribution is 6.31. The zero-order valence-corrected chi connectivity index (χ0v) is 20.9. The minimum absolute atomic E-state index is 0.0926. The molecule has 7 nitrogen and oxygen atoms in total. The minimum Gasteiger partial charge on any atom is -0.463 e. The number of amidine groups is 2. The molecule has 2 aliphatic heterocycles. The molecule has 2 aromatic rings. The van der Waals surface area contributed by atoms with Crippen LogP contribution >= 0.6 is 11.6 Å². The maximum atomic E-state index is 13.4. The van der Waals surface area contributed by atoms with Crippen molar-refractivity contribution >= 4 is 23.6 Å². The first-order valence-electron chi connectivity index (χ1n) is 11.5. The molecule has 0 radical (unpaired) electrons. The summed E-state index contributed by atoms with van der Waals surface area (Å²) in [5.74, 6) is -1.89. The molecule has 4 rings (SSSR count). The average molecular weight is 585 g/mol. The lowest BCUT2D eigenvalue weighted by Crippen LogP contribution is -2.18. The van der Waals surface area contributed by atoms with Crippen molar-refractivity contribution in [3.8, 4) is 5.75 Å². The summed E-state index contributed by atoms with van der Waals surface area (Å²) in [7, 11) is 0. The topological polar surface area (TPSA) is 104 Å². The van der Waals surface area contributed by atoms with Crippen molar-refractivity contribution in [2.45, 2.75) is 50.3 Å². The van der Waals surface area contributed by atoms with Gasteiger partial charge in [0.15, 0.2) is 11.6 Å². The number of hydrogen-bond donors (Lipinski definition) is 2. The molecule has 0 fully saturated rings. The Hall–Kier alpha value is -3.42. The first kappa shape index (κ1) is 30.1. The van der Waals surface area contributed by atoms with Crippen molar-refractivity contribution < 1.29 is 44.9 Å². The normalized spacial score (nSPS) is 18.9. The molecule has 15 heteroatoms. The van der Waals surface area contributed by atoms with E-state index in [2.05, 4.69) is 14.7 Å². The Morgan fingerprint density at radius 1 is 0.846 bits per heavy atom. The summed E-state index contributed by atoms with van der Waals surface area (Å²) >= 11 is 5.55. The SMILES string of the molecule is NC1=N[C@@H](CCc2ccc(Cl)c(C(F)(F)F)c2)CO1.NC1=N[C@@H](CCc2ccc(OC(F)(F)F)c(F)c2)CO1. The van der Waals surface area contributed by atoms with Gasteiger partial charge in [-0.3, -0.25) is 0 Å². The lowest BCUT2D eigenvalue weighted by atomic mass is 10.0. The first-order valence-corrected chi connectivity index (χ1v) is 11.9. The van der Waals surface area contributed by atoms with Crippen LogP contribution in [0.3, 0.4) is 0 Å². The van der Waals surface area contributed by atoms with E-state index in [1.807, 2.05) is 0 Å². The maximum absolute atomic E-state index is 13.4. The van der Waals surface area contributed by atoms with Gasteiger partial charge in [-0.25, -0.2) is 14.4 Å². The standard InChI is InChI=1S/C12H12ClF3N2O.C12H12F4N2O2/c13-10-4-2-7(5-9(10)12(14,15)16)1-3-8-6-19-11(17)18-8;13-9-5-7(1-3-8-6-19-11(17)18-8)2-4-10(9)20-12(14,15)16/h2,4-5,8H,1,3,6H2,(H2,17,18);2,4-5,8H,1,3,6H2,(H2,17,18)/t2*8-/m00/s1. The Bertz CT molecular complexity index is 1210. The summed E-state index contributed by atoms with van der Waals surface area (Å²) in [4.78, 5) is 8.01. The van der Waals surface area contributed by atoms with Crippen molar-refractivity contribution in [2.24, 2.45) is 21.5 Å². The summed E-state index contributed by atoms with van der Waals surface area (Å²) in [6.07, 6.45) is -7.28. The average Bonchev–Trinajstić information content (AvgIpc) is 3.45. The fraction of sp³-hybridized carbons (Fsp3) is 0.417. The van der Waals surface area contributed by atoms with Crippen molar-refractivity contribution in [1.82, 2.24) is 0 Å². The number of halogens is 8. The van der Waals surface area contributed by atoms with Crippen molar-refractivity contribution in [3.05, 3.63) is 63.9 Å². The van der Waals surface area contributed by atoms with Gasteiger partial charge in [0.25, 0.3) is 12.0 Å². The molecule has 0 aliphatic carbocycles. The van der Waals surface area contributed by atoms with Gasteiger partial charge in [-0.1, -0.05) is 23.7 Å². The number of nitrogens with zero attached hydrogens (tertiary/aromatic N) is 2. The molecule has 0 bridgehead atoms. The number of aliphatic imine (C=N–C) groups is 2. The van der Waals surface area contributed by atoms with Gasteiger partial charge in [0.2, 0.25) is 0 Å². The number of nitrogens with two attached hydrogens (primary N) is 2. The smallest absolute Gasteiger partial charge is 0.463 e. The fourth-order valence-corrected chi connectivity index (χ4v) is 3.91. The van der Waals surface area contributed by atoms with E-state index in [-0.39, 0.29) is 29.1 Å². The molecule has 0 unspecified atom stereocenters. The third-order valence-electron chi connectivity index (χ3n) is 5.56. The monoisotopic (exact) mass is 584 g/mol. The van der Waals surface area contributed by atoms with Crippen LogP contribution < -0.4 is 16.2 Å². The Morgan fingerprint density at radius 3 is 1.79 bits per heavy atom. The van der Waals surface area contributed by atoms with Gasteiger partial charge in [0.05, 0.1) is 22.7 Å². The van der Waals surface area contributed by atoms with Gasteiger partial charge in [-0.05, 0) is 61.1 Å². The predicted molar refractivity (Wildman–Crippen MR) is 129 cm³/mol. The largest absolute Gasteiger partial charge is 0.573 e. The Balaban J connectivity index is 0.000000216. The lowest BCUT2D eigenvalue weighted by Gasteiger charge is -2.11. The molecule has 214 valence electrons. The zero-order chi connectivity index (χ0) is 28.8. The quantitative estimate of drug-likeness (QED) is 0.426. The third-order valence-corrected chi connectivity index (χ3v) is 5.89. The van der Waals surface area contributed by atoms with Gasteiger partial charge in [0, 0.05) is 0 Å². The lowest BCUT2D eigenvalue weighted by molar-refractivity contribution is -0.275. The van der Waals surface area contributed by atoms with E-state index in [9.17, 15) is 30.7 Å². The molecule has 0 saturated carbocycles. The molecule has 2 aliphatic rings. The summed E-state index contributed by atoms with van der Waals surface area (Å²) < 4.78 is 101. The van der Waals surface area contributed by atoms with Crippen LogP contribution in [0.15, 0.2) is 46.4 Å². The highest BCUT2D eigenvalue weighted by Gasteiger charge is 2.34. The molecular weight excluding hydrogens is 561 g/mol. The molecule has 4 N–H and O–H groups in total. The number of benzene rings is 2. The minimum atomic E-state index is -4.91. The van der Waals surface area contributed by atoms with E-state index in [0.717, 1.165) is 18.2 Å². The summed E-state index contributed by atoms with van der Waals surface area (Å²) in [6.45, 7) is 0.745. The number of alkyl halides is 6. The molecule has 2 atom stereocenters. The Labute approximate surface area is 223 Å². The van der Waals surface area contributed by atoms with Crippen molar-refractivity contribution in [3.63, 3.8) is 0 Å². The van der Waals surface area contributed by atoms with E-state index in [1.165, 1.54) is 12.1 Å². The molecular formula is C24H24ClF7N4O3. The number of hydrogen-bond acceptors (Lipinski definition) is 7. The van der Waals surface area contributed by atoms with Crippen LogP contribution in [-0.4, -0.2) is 43.7 Å². The van der Waals surface area contributed by atoms with Crippen LogP contribution in [0.1, 0.15) is 29.5 Å². The van der Waals surface area contributed by atoms with Gasteiger partial charge in [-0.2, -0.15) is 13.2 Å². The van der Waals surface area contributed by atoms with Crippen LogP contribution in [0.25, 0.3) is 0 Å². The van der Waals surface area contributed by atoms with Crippen molar-refractivity contribution in [2.75, 3.05) is 13.2 Å². The Morgan fingerprint density at radius 2 is 1.36 bits per heavy atom. The zero-order valence-electron chi connectivity index (χ0n) is 20.2. The van der Waals surface area contributed by atoms with Gasteiger partial charge in [-0.15, -0.1) is 13.2 Å². The second kappa shape index (κ2) is 12.6. The molecule has 2 heterocycles. The van der Waals surface area contributed by atoms with E-state index >= 15 is 0 Å². The predicted octanol–water partition coefficient (Wildman–Crippen LogP) is 5.38. The number of aryl methyl sites for hydroxylation is 2. The van der Waals surface area contributed by atoms with Crippen LogP contribution in [0.5, 0.6) is 5.75 Å². The molecule has 0 saturated heterocycles. The van der Waals surface area contributed by atoms with Gasteiger partial charge >= 0.3 is 12.5 Å². The van der Waals surface area contributed by atoms with E-state index in [4.69, 9.17) is 32.5 Å². The van der Waals surface area contributed by atoms with Crippen molar-refractivity contribution in [1.29, 1.82) is 0 Å². The second-order valence-corrected chi connectivity index (χ2v) is 8.97. The van der Waals surface area contributed by atoms with Crippen LogP contribution in [-0.2, 0) is 28.5 Å². The van der Waals surface area contributed by atoms with Crippen LogP contribution in [0.2, 0.25) is 5.02 Å². The highest BCUT2D eigenvalue weighted by Crippen LogP contribution is 2.35. The number of rotatable bonds is 7. The fourth-order valence-electron chi connectivity index (χ4n) is 3.69. The van der Waals surface area contributed by atoms with Crippen LogP contribution in [0, 0.1) is 5.82 Å². The molecule has 2 aromatic carbocycles. The van der Waals surface area contributed by atoms with E-state index in [1.54, 1.807) is 6.07 Å². The summed E-state index contributed by atoms with van der Waals surface area (Å²) in [6, 6.07) is 7.34. The molecule has 0 spiro atoms. The highest BCUT2D eigenvalue weighted by atomic mass is 35.5. The van der Waals surface area contributed by atoms with E-state index in [0.29, 0.717) is 50.0 Å². The maximum Gasteiger partial charge on any atom is 0.573 e. The Kier molecular flexibility index (Phi) is 9.75. The van der Waals surface area contributed by atoms with Crippen LogP contribution in [0.4, 0.5) is 30.7 Å². The third kappa shape index (κ3) is 9.68. The van der Waals surface area contributed by atoms with Gasteiger partial charge in [0.1, 0.15) is 13.2 Å². The first-order chi connectivity index (χ1) is 18.2.